The van der Waals surface area contributed by atoms with E-state index in [0.717, 1.165) is 28.3 Å². The molecule has 2 heterocycles. The fraction of sp³-hybridized carbons (Fsp3) is 0.389. The molecule has 2 aromatic heterocycles. The summed E-state index contributed by atoms with van der Waals surface area (Å²) in [6.07, 6.45) is 1.87. The van der Waals surface area contributed by atoms with Gasteiger partial charge in [-0.3, -0.25) is 0 Å². The van der Waals surface area contributed by atoms with E-state index in [4.69, 9.17) is 13.2 Å². The smallest absolute Gasteiger partial charge is 0.335 e. The van der Waals surface area contributed by atoms with E-state index in [1.165, 1.54) is 0 Å². The fourth-order valence-corrected chi connectivity index (χ4v) is 2.80. The van der Waals surface area contributed by atoms with Gasteiger partial charge in [-0.05, 0) is 25.8 Å². The van der Waals surface area contributed by atoms with Gasteiger partial charge in [0, 0.05) is 11.1 Å². The van der Waals surface area contributed by atoms with Gasteiger partial charge in [-0.15, -0.1) is 0 Å². The maximum absolute atomic E-state index is 8.29. The van der Waals surface area contributed by atoms with Crippen LogP contribution in [0.1, 0.15) is 49.7 Å². The molecule has 0 bridgehead atoms. The number of rotatable bonds is 5. The monoisotopic (exact) mass is 389 g/mol. The third kappa shape index (κ3) is 4.68. The highest BCUT2D eigenvalue weighted by Crippen LogP contribution is 2.28. The minimum absolute atomic E-state index is 0.0188. The van der Waals surface area contributed by atoms with Crippen LogP contribution >= 0.6 is 0 Å². The lowest BCUT2D eigenvalue weighted by atomic mass is 10.1. The highest BCUT2D eigenvalue weighted by Gasteiger charge is 2.17. The van der Waals surface area contributed by atoms with Gasteiger partial charge in [0.15, 0.2) is 5.65 Å². The molecule has 0 spiro atoms. The first-order valence-electron chi connectivity index (χ1n) is 8.46. The molecule has 0 aliphatic rings. The van der Waals surface area contributed by atoms with E-state index in [0.29, 0.717) is 11.9 Å². The first-order chi connectivity index (χ1) is 12.9. The number of hydrogen-bond acceptors (Lipinski definition) is 7. The Balaban J connectivity index is 0.000000817. The Bertz CT molecular complexity index is 951. The quantitative estimate of drug-likeness (QED) is 0.716. The number of methoxy groups -OCH3 is 1. The molecule has 3 rings (SSSR count). The van der Waals surface area contributed by atoms with Gasteiger partial charge in [0.1, 0.15) is 11.6 Å². The van der Waals surface area contributed by atoms with Gasteiger partial charge in [0.25, 0.3) is 0 Å². The fourth-order valence-electron chi connectivity index (χ4n) is 2.80. The lowest BCUT2D eigenvalue weighted by molar-refractivity contribution is 0.408. The lowest BCUT2D eigenvalue weighted by Gasteiger charge is -2.18. The van der Waals surface area contributed by atoms with Crippen LogP contribution in [-0.4, -0.2) is 35.1 Å². The number of para-hydroxylation sites is 1. The molecule has 0 radical (unpaired) electrons. The van der Waals surface area contributed by atoms with Crippen LogP contribution in [0.2, 0.25) is 0 Å². The summed E-state index contributed by atoms with van der Waals surface area (Å²) in [6.45, 7) is 8.25. The van der Waals surface area contributed by atoms with Crippen molar-refractivity contribution in [2.45, 2.75) is 39.7 Å². The lowest BCUT2D eigenvalue weighted by Crippen LogP contribution is -2.14. The molecule has 9 heteroatoms. The maximum Gasteiger partial charge on any atom is 0.335 e. The molecule has 1 N–H and O–H groups in total. The van der Waals surface area contributed by atoms with E-state index >= 15 is 0 Å². The zero-order valence-corrected chi connectivity index (χ0v) is 16.8. The molecule has 0 saturated heterocycles. The van der Waals surface area contributed by atoms with Gasteiger partial charge >= 0.3 is 11.6 Å². The van der Waals surface area contributed by atoms with Gasteiger partial charge in [-0.25, -0.2) is 4.98 Å². The second-order valence-corrected chi connectivity index (χ2v) is 6.40. The highest BCUT2D eigenvalue weighted by molar-refractivity contribution is 7.51. The predicted molar refractivity (Wildman–Crippen MR) is 104 cm³/mol. The standard InChI is InChI=1S/C18H23N5O.O2S/c1-11(2)15-10-19-23-17(15)21-13(4)22-18(23)20-12(3)14-8-6-7-9-16(14)24-5;1-3-2/h6-12H,1-5H3,(H,20,21,22);. The molecule has 0 amide bonds. The number of hydrogen-bond donors (Lipinski definition) is 1. The summed E-state index contributed by atoms with van der Waals surface area (Å²) in [4.78, 5) is 9.09. The molecular weight excluding hydrogens is 366 g/mol. The summed E-state index contributed by atoms with van der Waals surface area (Å²) in [5.74, 6) is 2.61. The molecule has 8 nitrogen and oxygen atoms in total. The molecule has 3 aromatic rings. The van der Waals surface area contributed by atoms with Crippen molar-refractivity contribution in [3.63, 3.8) is 0 Å². The van der Waals surface area contributed by atoms with Crippen LogP contribution in [0.5, 0.6) is 5.75 Å². The van der Waals surface area contributed by atoms with Crippen molar-refractivity contribution in [3.05, 3.63) is 47.4 Å². The van der Waals surface area contributed by atoms with Gasteiger partial charge in [-0.1, -0.05) is 32.0 Å². The second-order valence-electron chi connectivity index (χ2n) is 6.26. The van der Waals surface area contributed by atoms with Crippen LogP contribution in [-0.2, 0) is 11.6 Å². The summed E-state index contributed by atoms with van der Waals surface area (Å²) >= 11 is -0.750. The summed E-state index contributed by atoms with van der Waals surface area (Å²) in [7, 11) is 1.68. The Morgan fingerprint density at radius 2 is 1.78 bits per heavy atom. The number of aromatic nitrogens is 4. The molecule has 27 heavy (non-hydrogen) atoms. The number of aryl methyl sites for hydroxylation is 1. The topological polar surface area (TPSA) is 98.5 Å². The van der Waals surface area contributed by atoms with Crippen molar-refractivity contribution in [1.82, 2.24) is 19.6 Å². The van der Waals surface area contributed by atoms with Crippen molar-refractivity contribution < 1.29 is 13.2 Å². The number of ether oxygens (including phenoxy) is 1. The molecule has 144 valence electrons. The number of fused-ring (bicyclic) bond motifs is 1. The van der Waals surface area contributed by atoms with Crippen LogP contribution in [0, 0.1) is 6.92 Å². The number of benzene rings is 1. The van der Waals surface area contributed by atoms with Crippen LogP contribution < -0.4 is 10.1 Å². The van der Waals surface area contributed by atoms with Gasteiger partial charge in [0.05, 0.1) is 19.3 Å². The molecule has 0 aliphatic heterocycles. The van der Waals surface area contributed by atoms with E-state index in [2.05, 4.69) is 41.2 Å². The molecular formula is C18H23N5O3S. The number of nitrogens with one attached hydrogen (secondary N) is 1. The van der Waals surface area contributed by atoms with E-state index in [-0.39, 0.29) is 6.04 Å². The first kappa shape index (κ1) is 20.5. The molecule has 0 aliphatic carbocycles. The summed E-state index contributed by atoms with van der Waals surface area (Å²) in [6, 6.07) is 7.99. The minimum atomic E-state index is -0.750. The number of nitrogens with zero attached hydrogens (tertiary/aromatic N) is 4. The molecule has 0 fully saturated rings. The molecule has 1 atom stereocenters. The molecule has 1 unspecified atom stereocenters. The van der Waals surface area contributed by atoms with E-state index < -0.39 is 11.6 Å². The summed E-state index contributed by atoms with van der Waals surface area (Å²) in [5, 5.41) is 7.91. The Morgan fingerprint density at radius 1 is 1.11 bits per heavy atom. The first-order valence-corrected chi connectivity index (χ1v) is 9.13. The zero-order valence-electron chi connectivity index (χ0n) is 16.0. The van der Waals surface area contributed by atoms with Crippen LogP contribution in [0.3, 0.4) is 0 Å². The number of anilines is 1. The van der Waals surface area contributed by atoms with Crippen LogP contribution in [0.25, 0.3) is 5.65 Å². The van der Waals surface area contributed by atoms with E-state index in [1.807, 2.05) is 37.4 Å². The molecule has 1 aromatic carbocycles. The highest BCUT2D eigenvalue weighted by atomic mass is 32.1. The third-order valence-electron chi connectivity index (χ3n) is 4.08. The van der Waals surface area contributed by atoms with Crippen LogP contribution in [0.4, 0.5) is 5.95 Å². The van der Waals surface area contributed by atoms with Gasteiger partial charge < -0.3 is 10.1 Å². The van der Waals surface area contributed by atoms with Gasteiger partial charge in [-0.2, -0.15) is 23.0 Å². The normalized spacial score (nSPS) is 11.6. The Hall–Kier alpha value is -2.81. The predicted octanol–water partition coefficient (Wildman–Crippen LogP) is 3.07. The van der Waals surface area contributed by atoms with Crippen molar-refractivity contribution in [2.24, 2.45) is 0 Å². The maximum atomic E-state index is 8.29. The van der Waals surface area contributed by atoms with E-state index in [1.54, 1.807) is 11.6 Å². The van der Waals surface area contributed by atoms with Crippen molar-refractivity contribution in [1.29, 1.82) is 0 Å². The minimum Gasteiger partial charge on any atom is -0.496 e. The summed E-state index contributed by atoms with van der Waals surface area (Å²) in [5.41, 5.74) is 3.04. The SMILES string of the molecule is COc1ccccc1C(C)Nc1nc(C)nc2c(C(C)C)cnn12.O=S=O. The van der Waals surface area contributed by atoms with Gasteiger partial charge in [0.2, 0.25) is 5.95 Å². The summed E-state index contributed by atoms with van der Waals surface area (Å²) < 4.78 is 23.8. The average molecular weight is 389 g/mol. The van der Waals surface area contributed by atoms with Crippen molar-refractivity contribution >= 4 is 23.2 Å². The van der Waals surface area contributed by atoms with E-state index in [9.17, 15) is 0 Å². The van der Waals surface area contributed by atoms with Crippen molar-refractivity contribution in [2.75, 3.05) is 12.4 Å². The Morgan fingerprint density at radius 3 is 2.41 bits per heavy atom. The van der Waals surface area contributed by atoms with Crippen molar-refractivity contribution in [3.8, 4) is 5.75 Å². The average Bonchev–Trinajstić information content (AvgIpc) is 3.06. The third-order valence-corrected chi connectivity index (χ3v) is 4.08. The largest absolute Gasteiger partial charge is 0.496 e. The Kier molecular flexibility index (Phi) is 7.00. The van der Waals surface area contributed by atoms with Crippen LogP contribution in [0.15, 0.2) is 30.5 Å². The second kappa shape index (κ2) is 9.22. The zero-order chi connectivity index (χ0) is 20.0. The molecule has 0 saturated carbocycles. The Labute approximate surface area is 161 Å².